The number of fused-ring (bicyclic) bond motifs is 1. The van der Waals surface area contributed by atoms with Crippen molar-refractivity contribution in [3.63, 3.8) is 0 Å². The average molecular weight is 328 g/mol. The van der Waals surface area contributed by atoms with Crippen molar-refractivity contribution in [3.8, 4) is 11.5 Å². The maximum atomic E-state index is 12.5. The van der Waals surface area contributed by atoms with Crippen LogP contribution in [0.25, 0.3) is 10.8 Å². The van der Waals surface area contributed by atoms with Crippen molar-refractivity contribution in [2.24, 2.45) is 0 Å². The second-order valence-corrected chi connectivity index (χ2v) is 5.39. The first kappa shape index (κ1) is 15.2. The van der Waals surface area contributed by atoms with Crippen molar-refractivity contribution >= 4 is 34.0 Å². The molecule has 0 saturated carbocycles. The summed E-state index contributed by atoms with van der Waals surface area (Å²) in [4.78, 5) is 12.5. The molecule has 0 fully saturated rings. The molecule has 23 heavy (non-hydrogen) atoms. The van der Waals surface area contributed by atoms with Gasteiger partial charge in [-0.3, -0.25) is 4.79 Å². The number of anilines is 1. The van der Waals surface area contributed by atoms with E-state index in [-0.39, 0.29) is 11.3 Å². The number of para-hydroxylation sites is 2. The van der Waals surface area contributed by atoms with Crippen LogP contribution in [-0.4, -0.2) is 18.1 Å². The highest BCUT2D eigenvalue weighted by molar-refractivity contribution is 6.35. The van der Waals surface area contributed by atoms with Gasteiger partial charge in [-0.1, -0.05) is 35.9 Å². The molecule has 116 valence electrons. The predicted molar refractivity (Wildman–Crippen MR) is 91.6 cm³/mol. The molecule has 1 amide bonds. The zero-order valence-electron chi connectivity index (χ0n) is 12.3. The lowest BCUT2D eigenvalue weighted by atomic mass is 10.1. The Hall–Kier alpha value is -2.72. The van der Waals surface area contributed by atoms with E-state index in [2.05, 4.69) is 5.32 Å². The van der Waals surface area contributed by atoms with Crippen LogP contribution in [0.15, 0.2) is 54.6 Å². The number of halogens is 1. The molecule has 3 rings (SSSR count). The van der Waals surface area contributed by atoms with Crippen LogP contribution >= 0.6 is 11.6 Å². The monoisotopic (exact) mass is 327 g/mol. The molecule has 0 aromatic heterocycles. The van der Waals surface area contributed by atoms with Crippen molar-refractivity contribution < 1.29 is 14.6 Å². The maximum absolute atomic E-state index is 12.5. The number of ether oxygens (including phenoxy) is 1. The first-order valence-electron chi connectivity index (χ1n) is 6.96. The van der Waals surface area contributed by atoms with Crippen LogP contribution in [0.4, 0.5) is 5.69 Å². The van der Waals surface area contributed by atoms with Crippen molar-refractivity contribution in [1.29, 1.82) is 0 Å². The van der Waals surface area contributed by atoms with E-state index in [1.54, 1.807) is 36.4 Å². The summed E-state index contributed by atoms with van der Waals surface area (Å²) in [5.41, 5.74) is 0.705. The van der Waals surface area contributed by atoms with Gasteiger partial charge in [0.1, 0.15) is 11.5 Å². The Kier molecular flexibility index (Phi) is 4.08. The van der Waals surface area contributed by atoms with Crippen molar-refractivity contribution in [1.82, 2.24) is 0 Å². The van der Waals surface area contributed by atoms with E-state index >= 15 is 0 Å². The number of phenolic OH excluding ortho intramolecular Hbond substituents is 1. The molecule has 0 saturated heterocycles. The highest BCUT2D eigenvalue weighted by Gasteiger charge is 2.15. The minimum absolute atomic E-state index is 0.127. The van der Waals surface area contributed by atoms with E-state index in [0.29, 0.717) is 21.8 Å². The van der Waals surface area contributed by atoms with Crippen molar-refractivity contribution in [3.05, 3.63) is 65.2 Å². The minimum Gasteiger partial charge on any atom is -0.507 e. The molecule has 5 heteroatoms. The Labute approximate surface area is 138 Å². The van der Waals surface area contributed by atoms with Gasteiger partial charge in [0.25, 0.3) is 5.91 Å². The zero-order chi connectivity index (χ0) is 16.4. The molecule has 2 N–H and O–H groups in total. The number of hydrogen-bond acceptors (Lipinski definition) is 3. The average Bonchev–Trinajstić information content (AvgIpc) is 2.55. The highest BCUT2D eigenvalue weighted by Crippen LogP contribution is 2.31. The molecular weight excluding hydrogens is 314 g/mol. The summed E-state index contributed by atoms with van der Waals surface area (Å²) in [5.74, 6) is -0.00366. The fraction of sp³-hybridized carbons (Fsp3) is 0.0556. The van der Waals surface area contributed by atoms with E-state index in [1.807, 2.05) is 12.1 Å². The number of carbonyl (C=O) groups excluding carboxylic acids is 1. The van der Waals surface area contributed by atoms with E-state index in [4.69, 9.17) is 16.3 Å². The first-order chi connectivity index (χ1) is 11.1. The van der Waals surface area contributed by atoms with Crippen LogP contribution in [0, 0.1) is 0 Å². The molecule has 3 aromatic carbocycles. The fourth-order valence-corrected chi connectivity index (χ4v) is 2.63. The van der Waals surface area contributed by atoms with E-state index in [1.165, 1.54) is 13.2 Å². The van der Waals surface area contributed by atoms with Gasteiger partial charge in [0.15, 0.2) is 0 Å². The summed E-state index contributed by atoms with van der Waals surface area (Å²) in [7, 11) is 1.53. The normalized spacial score (nSPS) is 10.5. The Balaban J connectivity index is 1.99. The molecule has 3 aromatic rings. The first-order valence-corrected chi connectivity index (χ1v) is 7.33. The van der Waals surface area contributed by atoms with Crippen LogP contribution in [0.3, 0.4) is 0 Å². The van der Waals surface area contributed by atoms with Gasteiger partial charge >= 0.3 is 0 Å². The standard InChI is InChI=1S/C18H14ClNO3/c1-23-17-8-3-2-7-15(17)20-18(22)13-9-11-5-4-6-14(19)12(11)10-16(13)21/h2-10,21H,1H3,(H,20,22). The lowest BCUT2D eigenvalue weighted by Crippen LogP contribution is -2.12. The molecule has 0 aliphatic heterocycles. The number of methoxy groups -OCH3 is 1. The quantitative estimate of drug-likeness (QED) is 0.746. The summed E-state index contributed by atoms with van der Waals surface area (Å²) in [6, 6.07) is 15.5. The summed E-state index contributed by atoms with van der Waals surface area (Å²) in [5, 5.41) is 14.9. The van der Waals surface area contributed by atoms with Crippen molar-refractivity contribution in [2.75, 3.05) is 12.4 Å². The van der Waals surface area contributed by atoms with E-state index in [9.17, 15) is 9.90 Å². The van der Waals surface area contributed by atoms with Gasteiger partial charge in [0.05, 0.1) is 18.4 Å². The van der Waals surface area contributed by atoms with E-state index in [0.717, 1.165) is 5.39 Å². The molecule has 0 heterocycles. The fourth-order valence-electron chi connectivity index (χ4n) is 2.40. The number of hydrogen-bond donors (Lipinski definition) is 2. The van der Waals surface area contributed by atoms with Gasteiger partial charge in [-0.25, -0.2) is 0 Å². The Morgan fingerprint density at radius 2 is 1.91 bits per heavy atom. The topological polar surface area (TPSA) is 58.6 Å². The summed E-state index contributed by atoms with van der Waals surface area (Å²) in [6.45, 7) is 0. The summed E-state index contributed by atoms with van der Waals surface area (Å²) >= 11 is 6.10. The third-order valence-electron chi connectivity index (χ3n) is 3.54. The maximum Gasteiger partial charge on any atom is 0.259 e. The molecule has 0 spiro atoms. The van der Waals surface area contributed by atoms with Crippen LogP contribution < -0.4 is 10.1 Å². The molecule has 0 aliphatic carbocycles. The number of carbonyl (C=O) groups is 1. The minimum atomic E-state index is -0.422. The Morgan fingerprint density at radius 3 is 2.70 bits per heavy atom. The largest absolute Gasteiger partial charge is 0.507 e. The Morgan fingerprint density at radius 1 is 1.13 bits per heavy atom. The highest BCUT2D eigenvalue weighted by atomic mass is 35.5. The molecule has 0 bridgehead atoms. The number of rotatable bonds is 3. The molecule has 4 nitrogen and oxygen atoms in total. The molecular formula is C18H14ClNO3. The molecule has 0 atom stereocenters. The zero-order valence-corrected chi connectivity index (χ0v) is 13.1. The van der Waals surface area contributed by atoms with Gasteiger partial charge in [-0.2, -0.15) is 0 Å². The lowest BCUT2D eigenvalue weighted by Gasteiger charge is -2.11. The second-order valence-electron chi connectivity index (χ2n) is 4.98. The lowest BCUT2D eigenvalue weighted by molar-refractivity contribution is 0.102. The summed E-state index contributed by atoms with van der Waals surface area (Å²) in [6.07, 6.45) is 0. The van der Waals surface area contributed by atoms with Gasteiger partial charge in [-0.15, -0.1) is 0 Å². The third kappa shape index (κ3) is 2.94. The van der Waals surface area contributed by atoms with Gasteiger partial charge in [0, 0.05) is 10.4 Å². The molecule has 0 radical (unpaired) electrons. The number of phenols is 1. The smallest absolute Gasteiger partial charge is 0.259 e. The third-order valence-corrected chi connectivity index (χ3v) is 3.87. The summed E-state index contributed by atoms with van der Waals surface area (Å²) < 4.78 is 5.20. The number of aromatic hydroxyl groups is 1. The van der Waals surface area contributed by atoms with Crippen LogP contribution in [-0.2, 0) is 0 Å². The van der Waals surface area contributed by atoms with Crippen LogP contribution in [0.2, 0.25) is 5.02 Å². The van der Waals surface area contributed by atoms with E-state index < -0.39 is 5.91 Å². The van der Waals surface area contributed by atoms with Gasteiger partial charge in [0.2, 0.25) is 0 Å². The van der Waals surface area contributed by atoms with Crippen LogP contribution in [0.1, 0.15) is 10.4 Å². The molecule has 0 unspecified atom stereocenters. The number of nitrogens with one attached hydrogen (secondary N) is 1. The van der Waals surface area contributed by atoms with Gasteiger partial charge in [-0.05, 0) is 35.7 Å². The predicted octanol–water partition coefficient (Wildman–Crippen LogP) is 4.46. The van der Waals surface area contributed by atoms with Crippen LogP contribution in [0.5, 0.6) is 11.5 Å². The molecule has 0 aliphatic rings. The number of benzene rings is 3. The van der Waals surface area contributed by atoms with Gasteiger partial charge < -0.3 is 15.2 Å². The Bertz CT molecular complexity index is 893. The SMILES string of the molecule is COc1ccccc1NC(=O)c1cc2cccc(Cl)c2cc1O. The van der Waals surface area contributed by atoms with Crippen molar-refractivity contribution in [2.45, 2.75) is 0 Å². The second kappa shape index (κ2) is 6.18. The number of amides is 1.